The highest BCUT2D eigenvalue weighted by atomic mass is 35.5. The SMILES string of the molecule is CC(N)CCNS(=O)(=O)c1ccc(Cl)cc1F. The molecule has 0 aliphatic rings. The van der Waals surface area contributed by atoms with E-state index in [0.717, 1.165) is 12.1 Å². The number of rotatable bonds is 5. The lowest BCUT2D eigenvalue weighted by molar-refractivity contribution is 0.551. The van der Waals surface area contributed by atoms with Gasteiger partial charge in [0.15, 0.2) is 0 Å². The van der Waals surface area contributed by atoms with Crippen LogP contribution in [-0.2, 0) is 10.0 Å². The molecule has 96 valence electrons. The van der Waals surface area contributed by atoms with Crippen LogP contribution in [0.1, 0.15) is 13.3 Å². The van der Waals surface area contributed by atoms with Crippen LogP contribution in [0.25, 0.3) is 0 Å². The molecule has 1 aromatic rings. The molecule has 0 amide bonds. The van der Waals surface area contributed by atoms with Crippen molar-refractivity contribution in [3.63, 3.8) is 0 Å². The Kier molecular flexibility index (Phi) is 4.88. The molecule has 0 aliphatic heterocycles. The summed E-state index contributed by atoms with van der Waals surface area (Å²) in [5.41, 5.74) is 5.48. The Morgan fingerprint density at radius 1 is 1.53 bits per heavy atom. The van der Waals surface area contributed by atoms with Gasteiger partial charge in [0, 0.05) is 17.6 Å². The largest absolute Gasteiger partial charge is 0.328 e. The topological polar surface area (TPSA) is 72.2 Å². The van der Waals surface area contributed by atoms with E-state index in [4.69, 9.17) is 17.3 Å². The fourth-order valence-corrected chi connectivity index (χ4v) is 2.46. The molecular weight excluding hydrogens is 267 g/mol. The Morgan fingerprint density at radius 3 is 2.71 bits per heavy atom. The third-order valence-electron chi connectivity index (χ3n) is 2.08. The number of nitrogens with two attached hydrogens (primary N) is 1. The van der Waals surface area contributed by atoms with Crippen LogP contribution in [0.5, 0.6) is 0 Å². The monoisotopic (exact) mass is 280 g/mol. The first-order chi connectivity index (χ1) is 7.83. The van der Waals surface area contributed by atoms with Gasteiger partial charge in [-0.1, -0.05) is 11.6 Å². The quantitative estimate of drug-likeness (QED) is 0.858. The van der Waals surface area contributed by atoms with Crippen LogP contribution in [0.3, 0.4) is 0 Å². The summed E-state index contributed by atoms with van der Waals surface area (Å²) in [7, 11) is -3.84. The first-order valence-corrected chi connectivity index (χ1v) is 6.89. The fourth-order valence-electron chi connectivity index (χ4n) is 1.19. The van der Waals surface area contributed by atoms with Gasteiger partial charge in [0.1, 0.15) is 10.7 Å². The normalized spacial score (nSPS) is 13.6. The highest BCUT2D eigenvalue weighted by Crippen LogP contribution is 2.18. The molecule has 0 bridgehead atoms. The molecule has 3 N–H and O–H groups in total. The second-order valence-electron chi connectivity index (χ2n) is 3.74. The fraction of sp³-hybridized carbons (Fsp3) is 0.400. The molecular formula is C10H14ClFN2O2S. The second-order valence-corrected chi connectivity index (χ2v) is 5.91. The summed E-state index contributed by atoms with van der Waals surface area (Å²) in [6.07, 6.45) is 0.481. The minimum Gasteiger partial charge on any atom is -0.328 e. The summed E-state index contributed by atoms with van der Waals surface area (Å²) in [6.45, 7) is 1.93. The van der Waals surface area contributed by atoms with E-state index in [0.29, 0.717) is 6.42 Å². The van der Waals surface area contributed by atoms with Gasteiger partial charge < -0.3 is 5.73 Å². The van der Waals surface area contributed by atoms with E-state index in [-0.39, 0.29) is 17.6 Å². The predicted octanol–water partition coefficient (Wildman–Crippen LogP) is 1.49. The van der Waals surface area contributed by atoms with E-state index in [1.165, 1.54) is 6.07 Å². The molecule has 0 heterocycles. The van der Waals surface area contributed by atoms with Crippen molar-refractivity contribution in [3.8, 4) is 0 Å². The van der Waals surface area contributed by atoms with Crippen LogP contribution in [0.15, 0.2) is 23.1 Å². The van der Waals surface area contributed by atoms with E-state index >= 15 is 0 Å². The predicted molar refractivity (Wildman–Crippen MR) is 64.9 cm³/mol. The van der Waals surface area contributed by atoms with Gasteiger partial charge in [0.25, 0.3) is 0 Å². The molecule has 17 heavy (non-hydrogen) atoms. The minimum absolute atomic E-state index is 0.118. The molecule has 0 radical (unpaired) electrons. The number of halogens is 2. The van der Waals surface area contributed by atoms with Crippen LogP contribution in [0.4, 0.5) is 4.39 Å². The Hall–Kier alpha value is -0.690. The first-order valence-electron chi connectivity index (χ1n) is 5.03. The Balaban J connectivity index is 2.83. The van der Waals surface area contributed by atoms with Crippen LogP contribution in [-0.4, -0.2) is 21.0 Å². The van der Waals surface area contributed by atoms with E-state index in [2.05, 4.69) is 4.72 Å². The van der Waals surface area contributed by atoms with Crippen LogP contribution < -0.4 is 10.5 Å². The zero-order chi connectivity index (χ0) is 13.1. The number of sulfonamides is 1. The van der Waals surface area contributed by atoms with Crippen LogP contribution in [0, 0.1) is 5.82 Å². The molecule has 1 rings (SSSR count). The molecule has 0 spiro atoms. The van der Waals surface area contributed by atoms with Gasteiger partial charge in [-0.15, -0.1) is 0 Å². The van der Waals surface area contributed by atoms with Gasteiger partial charge in [-0.2, -0.15) is 0 Å². The van der Waals surface area contributed by atoms with Gasteiger partial charge in [-0.3, -0.25) is 0 Å². The highest BCUT2D eigenvalue weighted by Gasteiger charge is 2.18. The van der Waals surface area contributed by atoms with Crippen LogP contribution in [0.2, 0.25) is 5.02 Å². The van der Waals surface area contributed by atoms with Crippen molar-refractivity contribution < 1.29 is 12.8 Å². The maximum absolute atomic E-state index is 13.4. The van der Waals surface area contributed by atoms with Crippen molar-refractivity contribution in [3.05, 3.63) is 29.0 Å². The van der Waals surface area contributed by atoms with E-state index in [1.54, 1.807) is 6.92 Å². The molecule has 0 fully saturated rings. The molecule has 1 atom stereocenters. The minimum atomic E-state index is -3.84. The van der Waals surface area contributed by atoms with Crippen molar-refractivity contribution in [2.24, 2.45) is 5.73 Å². The van der Waals surface area contributed by atoms with Gasteiger partial charge >= 0.3 is 0 Å². The summed E-state index contributed by atoms with van der Waals surface area (Å²) in [4.78, 5) is -0.411. The Labute approximate surface area is 105 Å². The number of hydrogen-bond donors (Lipinski definition) is 2. The molecule has 4 nitrogen and oxygen atoms in total. The van der Waals surface area contributed by atoms with Gasteiger partial charge in [0.05, 0.1) is 0 Å². The molecule has 1 aromatic carbocycles. The number of benzene rings is 1. The van der Waals surface area contributed by atoms with Crippen molar-refractivity contribution >= 4 is 21.6 Å². The average Bonchev–Trinajstić information content (AvgIpc) is 2.15. The third kappa shape index (κ3) is 4.23. The van der Waals surface area contributed by atoms with Gasteiger partial charge in [0.2, 0.25) is 10.0 Å². The Morgan fingerprint density at radius 2 is 2.18 bits per heavy atom. The van der Waals surface area contributed by atoms with Crippen molar-refractivity contribution in [2.45, 2.75) is 24.3 Å². The summed E-state index contributed by atoms with van der Waals surface area (Å²) >= 11 is 5.54. The lowest BCUT2D eigenvalue weighted by Gasteiger charge is -2.09. The van der Waals surface area contributed by atoms with E-state index in [1.807, 2.05) is 0 Å². The Bertz CT molecular complexity index is 491. The van der Waals surface area contributed by atoms with Gasteiger partial charge in [-0.25, -0.2) is 17.5 Å². The molecule has 0 aromatic heterocycles. The molecule has 1 unspecified atom stereocenters. The van der Waals surface area contributed by atoms with E-state index < -0.39 is 20.7 Å². The zero-order valence-electron chi connectivity index (χ0n) is 9.28. The summed E-state index contributed by atoms with van der Waals surface area (Å²) in [5, 5.41) is 0.150. The summed E-state index contributed by atoms with van der Waals surface area (Å²) in [6, 6.07) is 3.30. The second kappa shape index (κ2) is 5.77. The summed E-state index contributed by atoms with van der Waals surface area (Å²) in [5.74, 6) is -0.870. The van der Waals surface area contributed by atoms with Crippen molar-refractivity contribution in [1.82, 2.24) is 4.72 Å². The van der Waals surface area contributed by atoms with Crippen LogP contribution >= 0.6 is 11.6 Å². The number of hydrogen-bond acceptors (Lipinski definition) is 3. The zero-order valence-corrected chi connectivity index (χ0v) is 10.9. The maximum Gasteiger partial charge on any atom is 0.243 e. The third-order valence-corrected chi connectivity index (χ3v) is 3.80. The molecule has 0 saturated carbocycles. The smallest absolute Gasteiger partial charge is 0.243 e. The highest BCUT2D eigenvalue weighted by molar-refractivity contribution is 7.89. The molecule has 0 saturated heterocycles. The standard InChI is InChI=1S/C10H14ClFN2O2S/c1-7(13)4-5-14-17(15,16)10-3-2-8(11)6-9(10)12/h2-3,6-7,14H,4-5,13H2,1H3. The molecule has 7 heteroatoms. The van der Waals surface area contributed by atoms with Crippen molar-refractivity contribution in [2.75, 3.05) is 6.54 Å². The number of nitrogens with one attached hydrogen (secondary N) is 1. The lowest BCUT2D eigenvalue weighted by Crippen LogP contribution is -2.29. The van der Waals surface area contributed by atoms with Gasteiger partial charge in [-0.05, 0) is 31.5 Å². The lowest BCUT2D eigenvalue weighted by atomic mass is 10.3. The summed E-state index contributed by atoms with van der Waals surface area (Å²) < 4.78 is 39.1. The maximum atomic E-state index is 13.4. The molecule has 0 aliphatic carbocycles. The average molecular weight is 281 g/mol. The first kappa shape index (κ1) is 14.4. The van der Waals surface area contributed by atoms with Crippen molar-refractivity contribution in [1.29, 1.82) is 0 Å². The van der Waals surface area contributed by atoms with E-state index in [9.17, 15) is 12.8 Å².